The SMILES string of the molecule is CS(=O)(=O)c1cnc2[nH]cc(Cc3ccc(NCc4ccc(Cl)nc4)nc3F)c2c1. The molecule has 0 aliphatic rings. The number of nitrogens with one attached hydrogen (secondary N) is 2. The van der Waals surface area contributed by atoms with Crippen LogP contribution in [0.15, 0.2) is 53.8 Å². The van der Waals surface area contributed by atoms with Crippen molar-refractivity contribution < 1.29 is 12.8 Å². The fraction of sp³-hybridized carbons (Fsp3) is 0.150. The molecule has 4 aromatic heterocycles. The number of hydrogen-bond acceptors (Lipinski definition) is 6. The van der Waals surface area contributed by atoms with Crippen molar-refractivity contribution in [3.05, 3.63) is 76.7 Å². The molecule has 0 aromatic carbocycles. The van der Waals surface area contributed by atoms with Crippen LogP contribution in [0.5, 0.6) is 0 Å². The fourth-order valence-electron chi connectivity index (χ4n) is 2.99. The third-order valence-corrected chi connectivity index (χ3v) is 5.89. The molecule has 0 saturated carbocycles. The van der Waals surface area contributed by atoms with E-state index in [1.165, 1.54) is 6.20 Å². The van der Waals surface area contributed by atoms with Crippen LogP contribution in [0.25, 0.3) is 11.0 Å². The second kappa shape index (κ2) is 8.00. The number of sulfone groups is 1. The van der Waals surface area contributed by atoms with Gasteiger partial charge in [0.25, 0.3) is 0 Å². The zero-order chi connectivity index (χ0) is 21.3. The summed E-state index contributed by atoms with van der Waals surface area (Å²) in [5, 5.41) is 4.08. The number of nitrogens with zero attached hydrogens (tertiary/aromatic N) is 3. The summed E-state index contributed by atoms with van der Waals surface area (Å²) >= 11 is 5.76. The summed E-state index contributed by atoms with van der Waals surface area (Å²) in [6.07, 6.45) is 6.00. The number of aromatic nitrogens is 4. The molecular weight excluding hydrogens is 429 g/mol. The molecule has 0 aliphatic heterocycles. The number of fused-ring (bicyclic) bond motifs is 1. The summed E-state index contributed by atoms with van der Waals surface area (Å²) in [6, 6.07) is 8.39. The average molecular weight is 446 g/mol. The molecule has 0 aliphatic carbocycles. The van der Waals surface area contributed by atoms with Crippen LogP contribution in [-0.2, 0) is 22.8 Å². The summed E-state index contributed by atoms with van der Waals surface area (Å²) in [5.41, 5.74) is 2.55. The van der Waals surface area contributed by atoms with Gasteiger partial charge >= 0.3 is 0 Å². The van der Waals surface area contributed by atoms with Gasteiger partial charge in [-0.1, -0.05) is 23.7 Å². The fourth-order valence-corrected chi connectivity index (χ4v) is 3.68. The predicted octanol–water partition coefficient (Wildman–Crippen LogP) is 3.75. The highest BCUT2D eigenvalue weighted by Crippen LogP contribution is 2.24. The smallest absolute Gasteiger partial charge is 0.218 e. The van der Waals surface area contributed by atoms with Crippen LogP contribution in [-0.4, -0.2) is 34.6 Å². The van der Waals surface area contributed by atoms with Crippen molar-refractivity contribution in [3.8, 4) is 0 Å². The van der Waals surface area contributed by atoms with E-state index >= 15 is 0 Å². The van der Waals surface area contributed by atoms with E-state index in [1.54, 1.807) is 36.7 Å². The Balaban J connectivity index is 1.53. The van der Waals surface area contributed by atoms with Crippen LogP contribution in [0.3, 0.4) is 0 Å². The maximum Gasteiger partial charge on any atom is 0.218 e. The van der Waals surface area contributed by atoms with Crippen molar-refractivity contribution >= 4 is 38.3 Å². The van der Waals surface area contributed by atoms with Crippen LogP contribution in [0.4, 0.5) is 10.2 Å². The Morgan fingerprint density at radius 2 is 1.97 bits per heavy atom. The van der Waals surface area contributed by atoms with Crippen LogP contribution in [0, 0.1) is 5.95 Å². The highest BCUT2D eigenvalue weighted by molar-refractivity contribution is 7.90. The van der Waals surface area contributed by atoms with Gasteiger partial charge in [0.15, 0.2) is 9.84 Å². The molecule has 10 heteroatoms. The highest BCUT2D eigenvalue weighted by Gasteiger charge is 2.14. The van der Waals surface area contributed by atoms with Gasteiger partial charge in [0.2, 0.25) is 5.95 Å². The zero-order valence-corrected chi connectivity index (χ0v) is 17.4. The molecule has 30 heavy (non-hydrogen) atoms. The molecule has 2 N–H and O–H groups in total. The van der Waals surface area contributed by atoms with Crippen LogP contribution >= 0.6 is 11.6 Å². The average Bonchev–Trinajstić information content (AvgIpc) is 3.11. The minimum absolute atomic E-state index is 0.116. The Morgan fingerprint density at radius 3 is 2.67 bits per heavy atom. The van der Waals surface area contributed by atoms with E-state index in [0.717, 1.165) is 17.4 Å². The van der Waals surface area contributed by atoms with Crippen LogP contribution in [0.2, 0.25) is 5.15 Å². The van der Waals surface area contributed by atoms with E-state index in [1.807, 2.05) is 6.07 Å². The van der Waals surface area contributed by atoms with Gasteiger partial charge < -0.3 is 10.3 Å². The predicted molar refractivity (Wildman–Crippen MR) is 113 cm³/mol. The van der Waals surface area contributed by atoms with E-state index in [0.29, 0.717) is 34.1 Å². The maximum atomic E-state index is 14.6. The van der Waals surface area contributed by atoms with E-state index in [9.17, 15) is 12.8 Å². The molecule has 4 heterocycles. The first-order valence-corrected chi connectivity index (χ1v) is 11.2. The first kappa shape index (κ1) is 20.2. The van der Waals surface area contributed by atoms with E-state index < -0.39 is 15.8 Å². The molecule has 0 spiro atoms. The standard InChI is InChI=1S/C20H17ClFN5O2S/c1-30(28,29)15-7-16-14(10-25-20(16)26-11-15)6-13-3-5-18(27-19(13)22)24-9-12-2-4-17(21)23-8-12/h2-5,7-8,10-11H,6,9H2,1H3,(H,24,27)(H,25,26). The van der Waals surface area contributed by atoms with E-state index in [4.69, 9.17) is 11.6 Å². The van der Waals surface area contributed by atoms with Gasteiger partial charge in [0, 0.05) is 48.8 Å². The van der Waals surface area contributed by atoms with Gasteiger partial charge in [-0.2, -0.15) is 4.39 Å². The summed E-state index contributed by atoms with van der Waals surface area (Å²) in [5.74, 6) is -0.207. The lowest BCUT2D eigenvalue weighted by Crippen LogP contribution is -2.04. The van der Waals surface area contributed by atoms with Gasteiger partial charge in [-0.3, -0.25) is 0 Å². The van der Waals surface area contributed by atoms with Gasteiger partial charge in [0.1, 0.15) is 16.6 Å². The van der Waals surface area contributed by atoms with Crippen LogP contribution < -0.4 is 5.32 Å². The van der Waals surface area contributed by atoms with E-state index in [-0.39, 0.29) is 11.3 Å². The third kappa shape index (κ3) is 4.42. The number of pyridine rings is 3. The van der Waals surface area contributed by atoms with Gasteiger partial charge in [-0.25, -0.2) is 23.4 Å². The molecule has 0 radical (unpaired) electrons. The van der Waals surface area contributed by atoms with Crippen molar-refractivity contribution in [2.75, 3.05) is 11.6 Å². The molecule has 0 bridgehead atoms. The molecule has 154 valence electrons. The molecule has 0 unspecified atom stereocenters. The summed E-state index contributed by atoms with van der Waals surface area (Å²) in [4.78, 5) is 15.2. The first-order valence-electron chi connectivity index (χ1n) is 8.95. The van der Waals surface area contributed by atoms with Crippen LogP contribution in [0.1, 0.15) is 16.7 Å². The lowest BCUT2D eigenvalue weighted by Gasteiger charge is -2.08. The number of aromatic amines is 1. The zero-order valence-electron chi connectivity index (χ0n) is 15.9. The summed E-state index contributed by atoms with van der Waals surface area (Å²) in [7, 11) is -3.39. The molecule has 0 saturated heterocycles. The Labute approximate surface area is 177 Å². The first-order chi connectivity index (χ1) is 14.3. The minimum atomic E-state index is -3.39. The number of hydrogen-bond donors (Lipinski definition) is 2. The maximum absolute atomic E-state index is 14.6. The van der Waals surface area contributed by atoms with Crippen molar-refractivity contribution in [2.24, 2.45) is 0 Å². The third-order valence-electron chi connectivity index (χ3n) is 4.59. The molecule has 0 atom stereocenters. The Kier molecular flexibility index (Phi) is 5.40. The number of H-pyrrole nitrogens is 1. The quantitative estimate of drug-likeness (QED) is 0.438. The molecule has 4 aromatic rings. The Hall–Kier alpha value is -3.04. The van der Waals surface area contributed by atoms with Crippen molar-refractivity contribution in [2.45, 2.75) is 17.9 Å². The molecule has 0 fully saturated rings. The highest BCUT2D eigenvalue weighted by atomic mass is 35.5. The number of halogens is 2. The summed E-state index contributed by atoms with van der Waals surface area (Å²) < 4.78 is 38.2. The van der Waals surface area contributed by atoms with Crippen molar-refractivity contribution in [1.82, 2.24) is 19.9 Å². The van der Waals surface area contributed by atoms with Gasteiger partial charge in [0.05, 0.1) is 4.90 Å². The van der Waals surface area contributed by atoms with E-state index in [2.05, 4.69) is 25.3 Å². The monoisotopic (exact) mass is 445 g/mol. The van der Waals surface area contributed by atoms with Crippen molar-refractivity contribution in [3.63, 3.8) is 0 Å². The lowest BCUT2D eigenvalue weighted by atomic mass is 10.1. The Morgan fingerprint density at radius 1 is 1.13 bits per heavy atom. The number of anilines is 1. The summed E-state index contributed by atoms with van der Waals surface area (Å²) in [6.45, 7) is 0.429. The van der Waals surface area contributed by atoms with Crippen molar-refractivity contribution in [1.29, 1.82) is 0 Å². The second-order valence-corrected chi connectivity index (χ2v) is 9.22. The second-order valence-electron chi connectivity index (χ2n) is 6.82. The Bertz CT molecular complexity index is 1320. The molecule has 4 rings (SSSR count). The topological polar surface area (TPSA) is 101 Å². The van der Waals surface area contributed by atoms with Gasteiger partial charge in [-0.05, 0) is 29.3 Å². The molecule has 7 nitrogen and oxygen atoms in total. The normalized spacial score (nSPS) is 11.7. The minimum Gasteiger partial charge on any atom is -0.366 e. The number of rotatable bonds is 6. The molecule has 0 amide bonds. The lowest BCUT2D eigenvalue weighted by molar-refractivity contribution is 0.571. The largest absolute Gasteiger partial charge is 0.366 e. The van der Waals surface area contributed by atoms with Gasteiger partial charge in [-0.15, -0.1) is 0 Å². The molecular formula is C20H17ClFN5O2S.